The van der Waals surface area contributed by atoms with Gasteiger partial charge in [-0.3, -0.25) is 0 Å². The Morgan fingerprint density at radius 1 is 1.39 bits per heavy atom. The molecular weight excluding hydrogens is 250 g/mol. The Morgan fingerprint density at radius 3 is 2.83 bits per heavy atom. The van der Waals surface area contributed by atoms with E-state index in [-0.39, 0.29) is 5.41 Å². The van der Waals surface area contributed by atoms with E-state index in [0.29, 0.717) is 6.54 Å². The number of nitrogens with two attached hydrogens (primary N) is 1. The van der Waals surface area contributed by atoms with Gasteiger partial charge in [0, 0.05) is 31.6 Å². The van der Waals surface area contributed by atoms with Crippen LogP contribution in [0, 0.1) is 0 Å². The molecule has 7 heteroatoms. The van der Waals surface area contributed by atoms with Gasteiger partial charge in [0.2, 0.25) is 4.96 Å². The van der Waals surface area contributed by atoms with Gasteiger partial charge in [-0.15, -0.1) is 10.2 Å². The molecule has 3 rings (SSSR count). The molecule has 1 aliphatic rings. The highest BCUT2D eigenvalue weighted by molar-refractivity contribution is 7.16. The summed E-state index contributed by atoms with van der Waals surface area (Å²) in [6.45, 7) is 4.19. The molecule has 0 saturated carbocycles. The van der Waals surface area contributed by atoms with Crippen LogP contribution >= 0.6 is 11.3 Å². The van der Waals surface area contributed by atoms with Crippen molar-refractivity contribution >= 4 is 16.3 Å². The lowest BCUT2D eigenvalue weighted by Crippen LogP contribution is -2.40. The van der Waals surface area contributed by atoms with Crippen LogP contribution in [-0.4, -0.2) is 39.6 Å². The molecule has 1 aliphatic heterocycles. The second kappa shape index (κ2) is 4.56. The van der Waals surface area contributed by atoms with Gasteiger partial charge in [-0.1, -0.05) is 18.3 Å². The van der Waals surface area contributed by atoms with Gasteiger partial charge in [0.1, 0.15) is 5.01 Å². The highest BCUT2D eigenvalue weighted by Crippen LogP contribution is 2.36. The topological polar surface area (TPSA) is 78.3 Å². The van der Waals surface area contributed by atoms with Gasteiger partial charge in [0.05, 0.1) is 0 Å². The molecule has 0 aliphatic carbocycles. The monoisotopic (exact) mass is 267 g/mol. The zero-order valence-corrected chi connectivity index (χ0v) is 11.2. The van der Waals surface area contributed by atoms with Crippen molar-refractivity contribution in [1.29, 1.82) is 0 Å². The first-order valence-electron chi connectivity index (χ1n) is 6.28. The van der Waals surface area contributed by atoms with E-state index in [2.05, 4.69) is 22.2 Å². The lowest BCUT2D eigenvalue weighted by atomic mass is 9.81. The van der Waals surface area contributed by atoms with Gasteiger partial charge < -0.3 is 10.5 Å². The number of hydrogen-bond acceptors (Lipinski definition) is 6. The van der Waals surface area contributed by atoms with Crippen LogP contribution in [0.3, 0.4) is 0 Å². The van der Waals surface area contributed by atoms with Crippen molar-refractivity contribution < 1.29 is 4.74 Å². The highest BCUT2D eigenvalue weighted by atomic mass is 32.1. The van der Waals surface area contributed by atoms with Gasteiger partial charge in [0.25, 0.3) is 0 Å². The average Bonchev–Trinajstić information content (AvgIpc) is 2.99. The zero-order valence-electron chi connectivity index (χ0n) is 10.4. The van der Waals surface area contributed by atoms with E-state index in [1.165, 1.54) is 0 Å². The van der Waals surface area contributed by atoms with Crippen LogP contribution in [0.25, 0.3) is 4.96 Å². The van der Waals surface area contributed by atoms with E-state index in [0.717, 1.165) is 48.3 Å². The van der Waals surface area contributed by atoms with E-state index in [1.807, 2.05) is 4.52 Å². The molecule has 0 aromatic carbocycles. The molecule has 0 bridgehead atoms. The molecule has 18 heavy (non-hydrogen) atoms. The Labute approximate surface area is 109 Å². The van der Waals surface area contributed by atoms with Crippen molar-refractivity contribution in [2.75, 3.05) is 19.8 Å². The smallest absolute Gasteiger partial charge is 0.234 e. The quantitative estimate of drug-likeness (QED) is 0.888. The fraction of sp³-hybridized carbons (Fsp3) is 0.727. The minimum atomic E-state index is -0.0331. The van der Waals surface area contributed by atoms with Crippen molar-refractivity contribution in [2.24, 2.45) is 5.73 Å². The Hall–Kier alpha value is -1.05. The molecule has 98 valence electrons. The molecule has 0 unspecified atom stereocenters. The molecule has 0 spiro atoms. The summed E-state index contributed by atoms with van der Waals surface area (Å²) in [4.78, 5) is 0.862. The summed E-state index contributed by atoms with van der Waals surface area (Å²) in [6, 6.07) is 0. The van der Waals surface area contributed by atoms with Gasteiger partial charge in [-0.05, 0) is 12.8 Å². The first-order valence-corrected chi connectivity index (χ1v) is 7.10. The zero-order chi connectivity index (χ0) is 12.6. The number of nitrogens with zero attached hydrogens (tertiary/aromatic N) is 4. The van der Waals surface area contributed by atoms with Crippen molar-refractivity contribution in [3.63, 3.8) is 0 Å². The molecule has 3 heterocycles. The normalized spacial score (nSPS) is 19.4. The molecule has 2 aromatic heterocycles. The maximum atomic E-state index is 6.00. The summed E-state index contributed by atoms with van der Waals surface area (Å²) in [5.41, 5.74) is 5.96. The summed E-state index contributed by atoms with van der Waals surface area (Å²) in [5.74, 6) is 0.909. The number of ether oxygens (including phenoxy) is 1. The first-order chi connectivity index (χ1) is 8.79. The number of aryl methyl sites for hydroxylation is 1. The third-order valence-electron chi connectivity index (χ3n) is 3.67. The van der Waals surface area contributed by atoms with Crippen LogP contribution in [0.4, 0.5) is 0 Å². The highest BCUT2D eigenvalue weighted by Gasteiger charge is 2.37. The van der Waals surface area contributed by atoms with Crippen molar-refractivity contribution in [3.05, 3.63) is 10.8 Å². The minimum absolute atomic E-state index is 0.0331. The van der Waals surface area contributed by atoms with Crippen LogP contribution < -0.4 is 5.73 Å². The number of fused-ring (bicyclic) bond motifs is 1. The fourth-order valence-corrected chi connectivity index (χ4v) is 3.47. The Kier molecular flexibility index (Phi) is 3.04. The van der Waals surface area contributed by atoms with E-state index >= 15 is 0 Å². The molecule has 0 amide bonds. The van der Waals surface area contributed by atoms with Crippen LogP contribution in [-0.2, 0) is 16.6 Å². The Bertz CT molecular complexity index is 543. The van der Waals surface area contributed by atoms with E-state index in [9.17, 15) is 0 Å². The fourth-order valence-electron chi connectivity index (χ4n) is 2.36. The lowest BCUT2D eigenvalue weighted by molar-refractivity contribution is 0.0526. The predicted octanol–water partition coefficient (Wildman–Crippen LogP) is 0.755. The maximum Gasteiger partial charge on any atom is 0.234 e. The minimum Gasteiger partial charge on any atom is -0.381 e. The summed E-state index contributed by atoms with van der Waals surface area (Å²) in [5, 5.41) is 14.0. The van der Waals surface area contributed by atoms with Crippen molar-refractivity contribution in [3.8, 4) is 0 Å². The third-order valence-corrected chi connectivity index (χ3v) is 4.81. The summed E-state index contributed by atoms with van der Waals surface area (Å²) >= 11 is 1.61. The SMILES string of the molecule is CCc1nnc2sc(C3(CN)CCOCC3)nn12. The molecular formula is C11H17N5OS. The van der Waals surface area contributed by atoms with Crippen molar-refractivity contribution in [2.45, 2.75) is 31.6 Å². The van der Waals surface area contributed by atoms with E-state index in [4.69, 9.17) is 10.5 Å². The number of aromatic nitrogens is 4. The van der Waals surface area contributed by atoms with E-state index < -0.39 is 0 Å². The summed E-state index contributed by atoms with van der Waals surface area (Å²) in [6.07, 6.45) is 2.72. The van der Waals surface area contributed by atoms with Gasteiger partial charge in [-0.25, -0.2) is 0 Å². The predicted molar refractivity (Wildman–Crippen MR) is 68.8 cm³/mol. The van der Waals surface area contributed by atoms with Crippen LogP contribution in [0.2, 0.25) is 0 Å². The van der Waals surface area contributed by atoms with Gasteiger partial charge in [0.15, 0.2) is 5.82 Å². The molecule has 0 radical (unpaired) electrons. The average molecular weight is 267 g/mol. The second-order valence-electron chi connectivity index (χ2n) is 4.67. The molecule has 0 atom stereocenters. The van der Waals surface area contributed by atoms with Crippen LogP contribution in [0.15, 0.2) is 0 Å². The second-order valence-corrected chi connectivity index (χ2v) is 5.62. The molecule has 6 nitrogen and oxygen atoms in total. The number of hydrogen-bond donors (Lipinski definition) is 1. The van der Waals surface area contributed by atoms with Crippen molar-refractivity contribution in [1.82, 2.24) is 19.8 Å². The standard InChI is InChI=1S/C11H17N5OS/c1-2-8-13-14-10-16(8)15-9(18-10)11(7-12)3-5-17-6-4-11/h2-7,12H2,1H3. The summed E-state index contributed by atoms with van der Waals surface area (Å²) in [7, 11) is 0. The van der Waals surface area contributed by atoms with Crippen LogP contribution in [0.5, 0.6) is 0 Å². The molecule has 1 saturated heterocycles. The van der Waals surface area contributed by atoms with Gasteiger partial charge in [-0.2, -0.15) is 9.61 Å². The molecule has 2 aromatic rings. The summed E-state index contributed by atoms with van der Waals surface area (Å²) < 4.78 is 7.29. The Morgan fingerprint density at radius 2 is 2.17 bits per heavy atom. The molecule has 1 fully saturated rings. The Balaban J connectivity index is 2.04. The largest absolute Gasteiger partial charge is 0.381 e. The van der Waals surface area contributed by atoms with Gasteiger partial charge >= 0.3 is 0 Å². The van der Waals surface area contributed by atoms with E-state index in [1.54, 1.807) is 11.3 Å². The number of rotatable bonds is 3. The first kappa shape index (κ1) is 12.0. The maximum absolute atomic E-state index is 6.00. The lowest BCUT2D eigenvalue weighted by Gasteiger charge is -2.33. The molecule has 2 N–H and O–H groups in total. The van der Waals surface area contributed by atoms with Crippen LogP contribution in [0.1, 0.15) is 30.6 Å². The third kappa shape index (κ3) is 1.73.